The fourth-order valence-electron chi connectivity index (χ4n) is 5.26. The van der Waals surface area contributed by atoms with Gasteiger partial charge in [-0.05, 0) is 84.6 Å². The Morgan fingerprint density at radius 2 is 1.48 bits per heavy atom. The van der Waals surface area contributed by atoms with Crippen LogP contribution in [0.25, 0.3) is 11.1 Å². The van der Waals surface area contributed by atoms with Crippen molar-refractivity contribution in [2.24, 2.45) is 17.8 Å². The van der Waals surface area contributed by atoms with E-state index < -0.39 is 17.9 Å². The number of rotatable bonds is 3. The van der Waals surface area contributed by atoms with Crippen LogP contribution >= 0.6 is 0 Å². The van der Waals surface area contributed by atoms with E-state index in [0.29, 0.717) is 11.5 Å². The molecule has 5 heteroatoms. The molecule has 0 N–H and O–H groups in total. The second kappa shape index (κ2) is 8.00. The highest BCUT2D eigenvalue weighted by Crippen LogP contribution is 2.47. The minimum absolute atomic E-state index is 0.536. The van der Waals surface area contributed by atoms with Gasteiger partial charge in [-0.2, -0.15) is 0 Å². The van der Waals surface area contributed by atoms with Crippen molar-refractivity contribution in [1.29, 1.82) is 0 Å². The van der Waals surface area contributed by atoms with Crippen molar-refractivity contribution in [3.63, 3.8) is 0 Å². The van der Waals surface area contributed by atoms with Gasteiger partial charge < -0.3 is 4.74 Å². The molecule has 1 unspecified atom stereocenters. The highest BCUT2D eigenvalue weighted by Gasteiger charge is 2.35. The molecule has 4 atom stereocenters. The zero-order chi connectivity index (χ0) is 20.6. The maximum Gasteiger partial charge on any atom is 0.573 e. The van der Waals surface area contributed by atoms with Crippen LogP contribution in [0.2, 0.25) is 0 Å². The predicted molar refractivity (Wildman–Crippen MR) is 105 cm³/mol. The van der Waals surface area contributed by atoms with E-state index in [1.807, 2.05) is 12.1 Å². The third-order valence-electron chi connectivity index (χ3n) is 6.75. The topological polar surface area (TPSA) is 9.23 Å². The van der Waals surface area contributed by atoms with Gasteiger partial charge in [-0.15, -0.1) is 13.2 Å². The minimum atomic E-state index is -4.90. The Morgan fingerprint density at radius 3 is 2.17 bits per heavy atom. The van der Waals surface area contributed by atoms with Crippen molar-refractivity contribution in [2.45, 2.75) is 57.7 Å². The highest BCUT2D eigenvalue weighted by atomic mass is 19.4. The van der Waals surface area contributed by atoms with Crippen molar-refractivity contribution in [1.82, 2.24) is 0 Å². The van der Waals surface area contributed by atoms with Crippen molar-refractivity contribution in [3.05, 3.63) is 53.8 Å². The van der Waals surface area contributed by atoms with Gasteiger partial charge in [0.2, 0.25) is 0 Å². The Bertz CT molecular complexity index is 843. The Kier molecular flexibility index (Phi) is 5.58. The van der Waals surface area contributed by atoms with Crippen LogP contribution < -0.4 is 4.74 Å². The maximum absolute atomic E-state index is 14.0. The number of fused-ring (bicyclic) bond motifs is 1. The molecule has 2 aromatic carbocycles. The molecular formula is C24H26F4O. The summed E-state index contributed by atoms with van der Waals surface area (Å²) in [7, 11) is 0. The van der Waals surface area contributed by atoms with Gasteiger partial charge in [0.15, 0.2) is 11.6 Å². The summed E-state index contributed by atoms with van der Waals surface area (Å²) in [5, 5.41) is 0. The fraction of sp³-hybridized carbons (Fsp3) is 0.500. The standard InChI is InChI=1S/C24H26F4O/c1-15-2-3-20-13-19(9-8-18(20)12-15)16-4-6-17(7-5-16)21-10-11-23(22(25)14-21)29-24(26,27)28/h4-7,10-11,14-15,18-20H,2-3,8-9,12-13H2,1H3/t15?,18-,19-,20-/m1/s1. The predicted octanol–water partition coefficient (Wildman–Crippen LogP) is 7.71. The lowest BCUT2D eigenvalue weighted by molar-refractivity contribution is -0.275. The molecule has 1 nitrogen and oxygen atoms in total. The first-order valence-electron chi connectivity index (χ1n) is 10.4. The molecule has 2 saturated carbocycles. The lowest BCUT2D eigenvalue weighted by atomic mass is 9.64. The zero-order valence-corrected chi connectivity index (χ0v) is 16.5. The smallest absolute Gasteiger partial charge is 0.403 e. The molecule has 0 bridgehead atoms. The normalized spacial score (nSPS) is 27.3. The Labute approximate surface area is 169 Å². The van der Waals surface area contributed by atoms with Crippen LogP contribution in [0.15, 0.2) is 42.5 Å². The Morgan fingerprint density at radius 1 is 0.828 bits per heavy atom. The number of alkyl halides is 3. The van der Waals surface area contributed by atoms with E-state index in [2.05, 4.69) is 23.8 Å². The molecule has 29 heavy (non-hydrogen) atoms. The first-order valence-corrected chi connectivity index (χ1v) is 10.4. The minimum Gasteiger partial charge on any atom is -0.403 e. The van der Waals surface area contributed by atoms with E-state index >= 15 is 0 Å². The van der Waals surface area contributed by atoms with Crippen LogP contribution in [0.4, 0.5) is 17.6 Å². The van der Waals surface area contributed by atoms with Crippen molar-refractivity contribution in [2.75, 3.05) is 0 Å². The summed E-state index contributed by atoms with van der Waals surface area (Å²) >= 11 is 0. The molecule has 0 heterocycles. The first-order chi connectivity index (χ1) is 13.8. The molecule has 156 valence electrons. The molecule has 0 aromatic heterocycles. The number of hydrogen-bond donors (Lipinski definition) is 0. The quantitative estimate of drug-likeness (QED) is 0.474. The molecule has 2 fully saturated rings. The van der Waals surface area contributed by atoms with Crippen LogP contribution in [0, 0.1) is 23.6 Å². The summed E-state index contributed by atoms with van der Waals surface area (Å²) in [4.78, 5) is 0. The van der Waals surface area contributed by atoms with Gasteiger partial charge in [0.05, 0.1) is 0 Å². The summed E-state index contributed by atoms with van der Waals surface area (Å²) in [6, 6.07) is 11.6. The fourth-order valence-corrected chi connectivity index (χ4v) is 5.26. The van der Waals surface area contributed by atoms with Gasteiger partial charge in [-0.3, -0.25) is 0 Å². The van der Waals surface area contributed by atoms with Crippen LogP contribution in [0.5, 0.6) is 5.75 Å². The lowest BCUT2D eigenvalue weighted by Crippen LogP contribution is -2.29. The van der Waals surface area contributed by atoms with Gasteiger partial charge >= 0.3 is 6.36 Å². The van der Waals surface area contributed by atoms with Gasteiger partial charge in [0.25, 0.3) is 0 Å². The van der Waals surface area contributed by atoms with E-state index in [-0.39, 0.29) is 0 Å². The van der Waals surface area contributed by atoms with Gasteiger partial charge in [0, 0.05) is 0 Å². The SMILES string of the molecule is CC1CC[C@@H]2C[C@H](c3ccc(-c4ccc(OC(F)(F)F)c(F)c4)cc3)CC[C@@H]2C1. The van der Waals surface area contributed by atoms with E-state index in [9.17, 15) is 17.6 Å². The van der Waals surface area contributed by atoms with E-state index in [1.165, 1.54) is 50.2 Å². The molecule has 0 radical (unpaired) electrons. The highest BCUT2D eigenvalue weighted by molar-refractivity contribution is 5.64. The summed E-state index contributed by atoms with van der Waals surface area (Å²) < 4.78 is 54.6. The van der Waals surface area contributed by atoms with Crippen LogP contribution in [-0.2, 0) is 0 Å². The van der Waals surface area contributed by atoms with Crippen LogP contribution in [-0.4, -0.2) is 6.36 Å². The number of benzene rings is 2. The Balaban J connectivity index is 1.45. The number of ether oxygens (including phenoxy) is 1. The second-order valence-electron chi connectivity index (χ2n) is 8.76. The first kappa shape index (κ1) is 20.2. The van der Waals surface area contributed by atoms with Crippen LogP contribution in [0.3, 0.4) is 0 Å². The third-order valence-corrected chi connectivity index (χ3v) is 6.75. The average Bonchev–Trinajstić information content (AvgIpc) is 2.68. The van der Waals surface area contributed by atoms with E-state index in [1.54, 1.807) is 0 Å². The largest absolute Gasteiger partial charge is 0.573 e. The molecular weight excluding hydrogens is 380 g/mol. The average molecular weight is 406 g/mol. The van der Waals surface area contributed by atoms with Gasteiger partial charge in [-0.1, -0.05) is 43.7 Å². The second-order valence-corrected chi connectivity index (χ2v) is 8.76. The summed E-state index contributed by atoms with van der Waals surface area (Å²) in [5.74, 6) is 1.32. The molecule has 0 aliphatic heterocycles. The molecule has 0 saturated heterocycles. The Hall–Kier alpha value is -2.04. The van der Waals surface area contributed by atoms with Crippen LogP contribution in [0.1, 0.15) is 56.9 Å². The lowest BCUT2D eigenvalue weighted by Gasteiger charge is -2.41. The van der Waals surface area contributed by atoms with Crippen molar-refractivity contribution < 1.29 is 22.3 Å². The zero-order valence-electron chi connectivity index (χ0n) is 16.5. The molecule has 0 spiro atoms. The molecule has 0 amide bonds. The number of hydrogen-bond acceptors (Lipinski definition) is 1. The summed E-state index contributed by atoms with van der Waals surface area (Å²) in [5.41, 5.74) is 2.63. The van der Waals surface area contributed by atoms with Crippen molar-refractivity contribution in [3.8, 4) is 16.9 Å². The van der Waals surface area contributed by atoms with Gasteiger partial charge in [-0.25, -0.2) is 4.39 Å². The van der Waals surface area contributed by atoms with E-state index in [0.717, 1.165) is 35.4 Å². The van der Waals surface area contributed by atoms with E-state index in [4.69, 9.17) is 0 Å². The third kappa shape index (κ3) is 4.76. The molecule has 2 aliphatic carbocycles. The van der Waals surface area contributed by atoms with Gasteiger partial charge in [0.1, 0.15) is 0 Å². The molecule has 2 aliphatic rings. The summed E-state index contributed by atoms with van der Waals surface area (Å²) in [6.45, 7) is 2.37. The molecule has 4 rings (SSSR count). The maximum atomic E-state index is 14.0. The number of halogens is 4. The molecule has 2 aromatic rings. The van der Waals surface area contributed by atoms with Crippen molar-refractivity contribution >= 4 is 0 Å². The monoisotopic (exact) mass is 406 g/mol. The summed E-state index contributed by atoms with van der Waals surface area (Å²) in [6.07, 6.45) is 2.90.